The molecule has 0 radical (unpaired) electrons. The second-order valence-electron chi connectivity index (χ2n) is 7.56. The zero-order valence-corrected chi connectivity index (χ0v) is 15.2. The van der Waals surface area contributed by atoms with Crippen LogP contribution in [0.5, 0.6) is 0 Å². The number of hydrogen-bond acceptors (Lipinski definition) is 4. The van der Waals surface area contributed by atoms with Gasteiger partial charge in [0, 0.05) is 23.2 Å². The Morgan fingerprint density at radius 1 is 1.17 bits per heavy atom. The van der Waals surface area contributed by atoms with Crippen LogP contribution in [0.15, 0.2) is 10.6 Å². The Morgan fingerprint density at radius 3 is 2.65 bits per heavy atom. The number of fused-ring (bicyclic) bond motifs is 1. The predicted molar refractivity (Wildman–Crippen MR) is 91.9 cm³/mol. The highest BCUT2D eigenvalue weighted by atomic mass is 79.9. The third kappa shape index (κ3) is 4.37. The summed E-state index contributed by atoms with van der Waals surface area (Å²) in [5.74, 6) is 0.868. The Labute approximate surface area is 147 Å². The van der Waals surface area contributed by atoms with Gasteiger partial charge in [0.25, 0.3) is 0 Å². The number of halogens is 1. The highest BCUT2D eigenvalue weighted by Gasteiger charge is 2.48. The first kappa shape index (κ1) is 17.9. The first-order valence-electron chi connectivity index (χ1n) is 9.11. The lowest BCUT2D eigenvalue weighted by Gasteiger charge is -2.23. The summed E-state index contributed by atoms with van der Waals surface area (Å²) in [5, 5.41) is 30.3. The molecular formula is C18H29BrO4. The van der Waals surface area contributed by atoms with Crippen LogP contribution in [0.3, 0.4) is 0 Å². The van der Waals surface area contributed by atoms with E-state index in [2.05, 4.69) is 15.9 Å². The molecule has 3 fully saturated rings. The molecular weight excluding hydrogens is 360 g/mol. The molecule has 132 valence electrons. The molecule has 1 heterocycles. The van der Waals surface area contributed by atoms with Crippen molar-refractivity contribution < 1.29 is 20.1 Å². The summed E-state index contributed by atoms with van der Waals surface area (Å²) in [6, 6.07) is 0. The molecule has 1 saturated heterocycles. The van der Waals surface area contributed by atoms with E-state index in [0.29, 0.717) is 12.8 Å². The fourth-order valence-electron chi connectivity index (χ4n) is 4.60. The molecule has 6 unspecified atom stereocenters. The summed E-state index contributed by atoms with van der Waals surface area (Å²) < 4.78 is 6.22. The van der Waals surface area contributed by atoms with Crippen LogP contribution in [0.1, 0.15) is 57.8 Å². The van der Waals surface area contributed by atoms with Crippen LogP contribution in [0.2, 0.25) is 0 Å². The van der Waals surface area contributed by atoms with Crippen LogP contribution in [-0.4, -0.2) is 39.9 Å². The number of ether oxygens (including phenoxy) is 1. The van der Waals surface area contributed by atoms with Gasteiger partial charge in [0.2, 0.25) is 0 Å². The van der Waals surface area contributed by atoms with E-state index in [9.17, 15) is 15.3 Å². The summed E-state index contributed by atoms with van der Waals surface area (Å²) >= 11 is 3.51. The molecule has 0 aromatic heterocycles. The molecule has 3 rings (SSSR count). The van der Waals surface area contributed by atoms with E-state index in [0.717, 1.165) is 23.2 Å². The van der Waals surface area contributed by atoms with Crippen LogP contribution < -0.4 is 0 Å². The summed E-state index contributed by atoms with van der Waals surface area (Å²) in [6.45, 7) is 0. The lowest BCUT2D eigenvalue weighted by molar-refractivity contribution is -0.0949. The topological polar surface area (TPSA) is 69.9 Å². The minimum atomic E-state index is -0.705. The van der Waals surface area contributed by atoms with Crippen LogP contribution >= 0.6 is 15.9 Å². The molecule has 3 aliphatic rings. The second-order valence-corrected chi connectivity index (χ2v) is 8.47. The van der Waals surface area contributed by atoms with E-state index in [1.807, 2.05) is 6.08 Å². The maximum absolute atomic E-state index is 10.4. The van der Waals surface area contributed by atoms with Gasteiger partial charge in [-0.1, -0.05) is 54.1 Å². The van der Waals surface area contributed by atoms with Crippen molar-refractivity contribution in [3.8, 4) is 0 Å². The number of aliphatic hydroxyl groups excluding tert-OH is 3. The number of rotatable bonds is 5. The van der Waals surface area contributed by atoms with Crippen molar-refractivity contribution >= 4 is 15.9 Å². The molecule has 6 atom stereocenters. The van der Waals surface area contributed by atoms with E-state index in [1.165, 1.54) is 32.1 Å². The molecule has 0 amide bonds. The van der Waals surface area contributed by atoms with Gasteiger partial charge < -0.3 is 20.1 Å². The van der Waals surface area contributed by atoms with Crippen molar-refractivity contribution in [2.24, 2.45) is 17.8 Å². The number of hydrogen-bond donors (Lipinski definition) is 3. The minimum absolute atomic E-state index is 0.0455. The SMILES string of the molecule is OC1CC2C(CC(O)C2/C=C(\Br)C(O)CCC2CCCCC2)O1. The van der Waals surface area contributed by atoms with Gasteiger partial charge >= 0.3 is 0 Å². The molecule has 0 spiro atoms. The fraction of sp³-hybridized carbons (Fsp3) is 0.889. The van der Waals surface area contributed by atoms with Gasteiger partial charge in [0.15, 0.2) is 6.29 Å². The molecule has 23 heavy (non-hydrogen) atoms. The Hall–Kier alpha value is 0.0600. The molecule has 4 nitrogen and oxygen atoms in total. The Bertz CT molecular complexity index is 421. The quantitative estimate of drug-likeness (QED) is 0.676. The fourth-order valence-corrected chi connectivity index (χ4v) is 5.13. The zero-order valence-electron chi connectivity index (χ0n) is 13.6. The Balaban J connectivity index is 1.53. The van der Waals surface area contributed by atoms with Crippen molar-refractivity contribution in [2.75, 3.05) is 0 Å². The summed E-state index contributed by atoms with van der Waals surface area (Å²) in [7, 11) is 0. The molecule has 0 aromatic carbocycles. The summed E-state index contributed by atoms with van der Waals surface area (Å²) in [5.41, 5.74) is 0. The lowest BCUT2D eigenvalue weighted by Crippen LogP contribution is -2.20. The maximum atomic E-state index is 10.4. The molecule has 2 saturated carbocycles. The standard InChI is InChI=1S/C18H29BrO4/c19-14(15(20)7-6-11-4-2-1-3-5-11)8-12-13-9-18(22)23-17(13)10-16(12)21/h8,11-13,15-18,20-22H,1-7,9-10H2/b14-8-. The molecule has 5 heteroatoms. The van der Waals surface area contributed by atoms with Gasteiger partial charge in [0.05, 0.1) is 18.3 Å². The maximum Gasteiger partial charge on any atom is 0.155 e. The van der Waals surface area contributed by atoms with Crippen molar-refractivity contribution in [1.82, 2.24) is 0 Å². The van der Waals surface area contributed by atoms with E-state index in [1.54, 1.807) is 0 Å². The van der Waals surface area contributed by atoms with Gasteiger partial charge in [-0.3, -0.25) is 0 Å². The largest absolute Gasteiger partial charge is 0.392 e. The lowest BCUT2D eigenvalue weighted by atomic mass is 9.85. The van der Waals surface area contributed by atoms with Crippen LogP contribution in [0, 0.1) is 17.8 Å². The highest BCUT2D eigenvalue weighted by molar-refractivity contribution is 9.11. The molecule has 0 bridgehead atoms. The van der Waals surface area contributed by atoms with Crippen LogP contribution in [0.25, 0.3) is 0 Å². The van der Waals surface area contributed by atoms with Crippen LogP contribution in [-0.2, 0) is 4.74 Å². The third-order valence-electron chi connectivity index (χ3n) is 5.94. The average molecular weight is 389 g/mol. The molecule has 3 N–H and O–H groups in total. The van der Waals surface area contributed by atoms with Gasteiger partial charge in [-0.05, 0) is 24.7 Å². The Kier molecular flexibility index (Phi) is 6.18. The van der Waals surface area contributed by atoms with Crippen molar-refractivity contribution in [3.05, 3.63) is 10.6 Å². The van der Waals surface area contributed by atoms with Crippen molar-refractivity contribution in [3.63, 3.8) is 0 Å². The van der Waals surface area contributed by atoms with Crippen LogP contribution in [0.4, 0.5) is 0 Å². The van der Waals surface area contributed by atoms with E-state index < -0.39 is 18.5 Å². The minimum Gasteiger partial charge on any atom is -0.392 e. The molecule has 1 aliphatic heterocycles. The molecule has 0 aromatic rings. The normalized spacial score (nSPS) is 40.3. The predicted octanol–water partition coefficient (Wildman–Crippen LogP) is 3.09. The highest BCUT2D eigenvalue weighted by Crippen LogP contribution is 2.44. The van der Waals surface area contributed by atoms with Gasteiger partial charge in [-0.15, -0.1) is 0 Å². The summed E-state index contributed by atoms with van der Waals surface area (Å²) in [6.07, 6.45) is 9.87. The number of aliphatic hydroxyl groups is 3. The second kappa shape index (κ2) is 7.96. The summed E-state index contributed by atoms with van der Waals surface area (Å²) in [4.78, 5) is 0. The van der Waals surface area contributed by atoms with E-state index >= 15 is 0 Å². The third-order valence-corrected chi connectivity index (χ3v) is 6.73. The van der Waals surface area contributed by atoms with Gasteiger partial charge in [-0.2, -0.15) is 0 Å². The average Bonchev–Trinajstić information content (AvgIpc) is 3.02. The molecule has 2 aliphatic carbocycles. The first-order chi connectivity index (χ1) is 11.0. The zero-order chi connectivity index (χ0) is 16.4. The van der Waals surface area contributed by atoms with E-state index in [4.69, 9.17) is 4.74 Å². The monoisotopic (exact) mass is 388 g/mol. The smallest absolute Gasteiger partial charge is 0.155 e. The Morgan fingerprint density at radius 2 is 1.91 bits per heavy atom. The van der Waals surface area contributed by atoms with Crippen molar-refractivity contribution in [2.45, 2.75) is 82.4 Å². The van der Waals surface area contributed by atoms with Gasteiger partial charge in [-0.25, -0.2) is 0 Å². The van der Waals surface area contributed by atoms with Crippen molar-refractivity contribution in [1.29, 1.82) is 0 Å². The first-order valence-corrected chi connectivity index (χ1v) is 9.90. The van der Waals surface area contributed by atoms with E-state index in [-0.39, 0.29) is 17.9 Å². The van der Waals surface area contributed by atoms with Gasteiger partial charge in [0.1, 0.15) is 0 Å².